The molecule has 39 heavy (non-hydrogen) atoms. The first-order valence-corrected chi connectivity index (χ1v) is 13.7. The Morgan fingerprint density at radius 3 is 2.62 bits per heavy atom. The van der Waals surface area contributed by atoms with E-state index in [9.17, 15) is 9.90 Å². The lowest BCUT2D eigenvalue weighted by Gasteiger charge is -2.30. The highest BCUT2D eigenvalue weighted by Gasteiger charge is 2.18. The summed E-state index contributed by atoms with van der Waals surface area (Å²) in [4.78, 5) is 26.8. The highest BCUT2D eigenvalue weighted by molar-refractivity contribution is 5.81. The quantitative estimate of drug-likeness (QED) is 0.462. The third-order valence-corrected chi connectivity index (χ3v) is 7.25. The lowest BCUT2D eigenvalue weighted by molar-refractivity contribution is -0.124. The molecule has 1 saturated heterocycles. The van der Waals surface area contributed by atoms with Crippen molar-refractivity contribution in [3.05, 3.63) is 77.2 Å². The molecule has 3 aliphatic rings. The molecular weight excluding hydrogens is 492 g/mol. The molecule has 2 aromatic carbocycles. The number of rotatable bonds is 2. The van der Waals surface area contributed by atoms with Gasteiger partial charge in [0.1, 0.15) is 11.9 Å². The zero-order valence-corrected chi connectivity index (χ0v) is 22.6. The summed E-state index contributed by atoms with van der Waals surface area (Å²) >= 11 is 0. The molecule has 3 aromatic rings. The van der Waals surface area contributed by atoms with Gasteiger partial charge < -0.3 is 25.0 Å². The van der Waals surface area contributed by atoms with Crippen LogP contribution >= 0.6 is 0 Å². The van der Waals surface area contributed by atoms with Gasteiger partial charge in [-0.1, -0.05) is 30.3 Å². The van der Waals surface area contributed by atoms with Gasteiger partial charge in [0.05, 0.1) is 25.5 Å². The largest absolute Gasteiger partial charge is 0.394 e. The molecule has 9 nitrogen and oxygen atoms in total. The number of ether oxygens (including phenoxy) is 1. The Labute approximate surface area is 230 Å². The number of hydrogen-bond donors (Lipinski definition) is 3. The van der Waals surface area contributed by atoms with E-state index < -0.39 is 6.04 Å². The summed E-state index contributed by atoms with van der Waals surface area (Å²) in [6.45, 7) is 5.48. The number of aliphatic hydroxyl groups is 1. The zero-order valence-electron chi connectivity index (χ0n) is 22.6. The van der Waals surface area contributed by atoms with Gasteiger partial charge >= 0.3 is 0 Å². The summed E-state index contributed by atoms with van der Waals surface area (Å²) in [5, 5.41) is 16.2. The van der Waals surface area contributed by atoms with Crippen LogP contribution in [0.25, 0.3) is 11.3 Å². The van der Waals surface area contributed by atoms with Crippen LogP contribution in [-0.2, 0) is 29.0 Å². The van der Waals surface area contributed by atoms with Crippen LogP contribution in [0.1, 0.15) is 28.9 Å². The van der Waals surface area contributed by atoms with Gasteiger partial charge in [0.2, 0.25) is 5.91 Å². The van der Waals surface area contributed by atoms with Crippen molar-refractivity contribution in [2.24, 2.45) is 0 Å². The van der Waals surface area contributed by atoms with Gasteiger partial charge in [-0.3, -0.25) is 10.1 Å². The number of hydrogen-bond acceptors (Lipinski definition) is 8. The minimum absolute atomic E-state index is 0.184. The maximum Gasteiger partial charge on any atom is 0.239 e. The number of fused-ring (bicyclic) bond motifs is 11. The Hall–Kier alpha value is -3.37. The Morgan fingerprint density at radius 1 is 1.03 bits per heavy atom. The number of amides is 1. The van der Waals surface area contributed by atoms with Crippen molar-refractivity contribution in [3.63, 3.8) is 0 Å². The molecule has 0 aliphatic carbocycles. The molecule has 1 aromatic heterocycles. The summed E-state index contributed by atoms with van der Waals surface area (Å²) in [6.07, 6.45) is 3.24. The minimum atomic E-state index is -0.675. The summed E-state index contributed by atoms with van der Waals surface area (Å²) in [5.41, 5.74) is 6.46. The topological polar surface area (TPSA) is 103 Å². The van der Waals surface area contributed by atoms with Gasteiger partial charge in [0.15, 0.2) is 0 Å². The Morgan fingerprint density at radius 2 is 1.82 bits per heavy atom. The third kappa shape index (κ3) is 7.39. The summed E-state index contributed by atoms with van der Waals surface area (Å²) in [7, 11) is 2.08. The molecule has 0 unspecified atom stereocenters. The molecule has 206 valence electrons. The van der Waals surface area contributed by atoms with E-state index in [4.69, 9.17) is 9.72 Å². The number of carbonyl (C=O) groups excluding carboxylic acids is 1. The fourth-order valence-electron chi connectivity index (χ4n) is 5.12. The van der Waals surface area contributed by atoms with Crippen LogP contribution in [0.2, 0.25) is 0 Å². The average molecular weight is 531 g/mol. The highest BCUT2D eigenvalue weighted by atomic mass is 16.5. The fourth-order valence-corrected chi connectivity index (χ4v) is 5.12. The second kappa shape index (κ2) is 13.1. The predicted octanol–water partition coefficient (Wildman–Crippen LogP) is 1.97. The van der Waals surface area contributed by atoms with E-state index in [2.05, 4.69) is 74.9 Å². The van der Waals surface area contributed by atoms with E-state index in [0.717, 1.165) is 66.5 Å². The van der Waals surface area contributed by atoms with Crippen molar-refractivity contribution in [1.29, 1.82) is 0 Å². The first-order chi connectivity index (χ1) is 19.1. The van der Waals surface area contributed by atoms with Crippen molar-refractivity contribution in [2.45, 2.75) is 32.0 Å². The first-order valence-electron chi connectivity index (χ1n) is 13.7. The fraction of sp³-hybridized carbons (Fsp3) is 0.433. The van der Waals surface area contributed by atoms with E-state index in [-0.39, 0.29) is 12.5 Å². The monoisotopic (exact) mass is 530 g/mol. The average Bonchev–Trinajstić information content (AvgIpc) is 2.96. The lowest BCUT2D eigenvalue weighted by Crippen LogP contribution is -2.46. The zero-order chi connectivity index (χ0) is 27.0. The van der Waals surface area contributed by atoms with Crippen LogP contribution in [0.15, 0.2) is 54.7 Å². The van der Waals surface area contributed by atoms with Gasteiger partial charge in [0, 0.05) is 56.6 Å². The van der Waals surface area contributed by atoms with Gasteiger partial charge in [-0.05, 0) is 54.9 Å². The molecule has 3 aliphatic heterocycles. The van der Waals surface area contributed by atoms with E-state index in [1.807, 2.05) is 12.3 Å². The first kappa shape index (κ1) is 27.2. The van der Waals surface area contributed by atoms with Gasteiger partial charge in [0.25, 0.3) is 0 Å². The summed E-state index contributed by atoms with van der Waals surface area (Å²) < 4.78 is 5.56. The predicted molar refractivity (Wildman–Crippen MR) is 151 cm³/mol. The van der Waals surface area contributed by atoms with Gasteiger partial charge in [-0.25, -0.2) is 9.97 Å². The number of nitrogens with one attached hydrogen (secondary N) is 2. The van der Waals surface area contributed by atoms with Gasteiger partial charge in [-0.15, -0.1) is 0 Å². The van der Waals surface area contributed by atoms with Crippen molar-refractivity contribution in [3.8, 4) is 11.3 Å². The number of aliphatic hydroxyl groups excluding tert-OH is 1. The van der Waals surface area contributed by atoms with Crippen LogP contribution in [0.4, 0.5) is 5.69 Å². The van der Waals surface area contributed by atoms with Crippen LogP contribution in [0.5, 0.6) is 0 Å². The third-order valence-electron chi connectivity index (χ3n) is 7.25. The normalized spacial score (nSPS) is 19.8. The number of aromatic nitrogens is 2. The molecule has 1 amide bonds. The molecule has 6 rings (SSSR count). The second-order valence-electron chi connectivity index (χ2n) is 10.3. The SMILES string of the molecule is CN1CCCNC(=O)[C@H](CO)NCc2cc(cc(N3CCOCC3)c2)Cc2nccc(n2)-c2ccc(cc2)C1. The number of anilines is 1. The maximum atomic E-state index is 12.8. The Kier molecular flexibility index (Phi) is 9.15. The molecule has 0 spiro atoms. The van der Waals surface area contributed by atoms with Crippen molar-refractivity contribution < 1.29 is 14.6 Å². The second-order valence-corrected chi connectivity index (χ2v) is 10.3. The van der Waals surface area contributed by atoms with E-state index in [1.165, 1.54) is 5.56 Å². The van der Waals surface area contributed by atoms with Crippen LogP contribution < -0.4 is 15.5 Å². The molecular formula is C30H38N6O3. The summed E-state index contributed by atoms with van der Waals surface area (Å²) in [5.74, 6) is 0.573. The molecule has 6 bridgehead atoms. The van der Waals surface area contributed by atoms with E-state index >= 15 is 0 Å². The molecule has 1 fully saturated rings. The number of carbonyl (C=O) groups is 1. The molecule has 0 radical (unpaired) electrons. The molecule has 4 heterocycles. The number of morpholine rings is 1. The standard InChI is InChI=1S/C30H38N6O3/c1-35-10-2-8-32-30(38)28(21-37)33-19-24-15-23(16-26(17-24)36-11-13-39-14-12-36)18-29-31-9-7-27(34-29)25-5-3-22(20-35)4-6-25/h3-7,9,15-17,28,33,37H,2,8,10-14,18-21H2,1H3,(H,32,38)/t28-/m0/s1. The van der Waals surface area contributed by atoms with E-state index in [0.29, 0.717) is 32.7 Å². The highest BCUT2D eigenvalue weighted by Crippen LogP contribution is 2.23. The molecule has 9 heteroatoms. The molecule has 3 N–H and O–H groups in total. The smallest absolute Gasteiger partial charge is 0.239 e. The lowest BCUT2D eigenvalue weighted by atomic mass is 10.0. The van der Waals surface area contributed by atoms with Crippen LogP contribution in [-0.4, -0.2) is 85.0 Å². The minimum Gasteiger partial charge on any atom is -0.394 e. The van der Waals surface area contributed by atoms with Crippen molar-refractivity contribution >= 4 is 11.6 Å². The Bertz CT molecular complexity index is 1250. The van der Waals surface area contributed by atoms with Crippen molar-refractivity contribution in [1.82, 2.24) is 25.5 Å². The van der Waals surface area contributed by atoms with E-state index in [1.54, 1.807) is 0 Å². The number of benzene rings is 2. The maximum absolute atomic E-state index is 12.8. The molecule has 0 saturated carbocycles. The summed E-state index contributed by atoms with van der Waals surface area (Å²) in [6, 6.07) is 16.3. The van der Waals surface area contributed by atoms with Crippen molar-refractivity contribution in [2.75, 3.05) is 57.9 Å². The Balaban J connectivity index is 1.46. The molecule has 1 atom stereocenters. The van der Waals surface area contributed by atoms with Crippen LogP contribution in [0, 0.1) is 0 Å². The van der Waals surface area contributed by atoms with Crippen LogP contribution in [0.3, 0.4) is 0 Å². The number of nitrogens with zero attached hydrogens (tertiary/aromatic N) is 4. The van der Waals surface area contributed by atoms with Gasteiger partial charge in [-0.2, -0.15) is 0 Å².